The number of ether oxygens (including phenoxy) is 1. The highest BCUT2D eigenvalue weighted by molar-refractivity contribution is 5.94. The van der Waals surface area contributed by atoms with Crippen molar-refractivity contribution in [3.63, 3.8) is 0 Å². The van der Waals surface area contributed by atoms with E-state index in [0.717, 1.165) is 38.5 Å². The van der Waals surface area contributed by atoms with Crippen LogP contribution in [0.4, 0.5) is 5.69 Å². The first kappa shape index (κ1) is 18.4. The molecule has 0 aliphatic heterocycles. The van der Waals surface area contributed by atoms with E-state index in [1.165, 1.54) is 0 Å². The van der Waals surface area contributed by atoms with Gasteiger partial charge in [-0.2, -0.15) is 0 Å². The number of nitrogens with one attached hydrogen (secondary N) is 2. The molecule has 0 aromatic heterocycles. The second kappa shape index (κ2) is 8.34. The highest BCUT2D eigenvalue weighted by Crippen LogP contribution is 2.31. The van der Waals surface area contributed by atoms with Gasteiger partial charge >= 0.3 is 5.97 Å². The van der Waals surface area contributed by atoms with Gasteiger partial charge in [0.15, 0.2) is 0 Å². The monoisotopic (exact) mass is 358 g/mol. The maximum atomic E-state index is 12.4. The van der Waals surface area contributed by atoms with Gasteiger partial charge in [0.1, 0.15) is 0 Å². The van der Waals surface area contributed by atoms with Crippen molar-refractivity contribution in [1.82, 2.24) is 5.32 Å². The zero-order valence-electron chi connectivity index (χ0n) is 15.1. The Labute approximate surface area is 153 Å². The number of carbonyl (C=O) groups excluding carboxylic acids is 3. The number of benzene rings is 1. The fourth-order valence-corrected chi connectivity index (χ4v) is 3.31. The Bertz CT molecular complexity index is 659. The van der Waals surface area contributed by atoms with Crippen molar-refractivity contribution >= 4 is 23.5 Å². The zero-order chi connectivity index (χ0) is 18.5. The van der Waals surface area contributed by atoms with Crippen LogP contribution in [0.1, 0.15) is 55.8 Å². The molecule has 0 bridgehead atoms. The molecule has 6 heteroatoms. The quantitative estimate of drug-likeness (QED) is 0.766. The van der Waals surface area contributed by atoms with Gasteiger partial charge in [-0.15, -0.1) is 0 Å². The molecule has 1 aromatic rings. The van der Waals surface area contributed by atoms with Crippen LogP contribution in [-0.2, 0) is 14.3 Å². The predicted molar refractivity (Wildman–Crippen MR) is 97.6 cm³/mol. The molecule has 0 atom stereocenters. The maximum absolute atomic E-state index is 12.4. The highest BCUT2D eigenvalue weighted by Gasteiger charge is 2.32. The van der Waals surface area contributed by atoms with Gasteiger partial charge in [0.05, 0.1) is 12.2 Å². The number of carbonyl (C=O) groups is 3. The number of amides is 2. The molecule has 0 saturated heterocycles. The van der Waals surface area contributed by atoms with Crippen molar-refractivity contribution < 1.29 is 19.1 Å². The Kier molecular flexibility index (Phi) is 5.91. The summed E-state index contributed by atoms with van der Waals surface area (Å²) in [7, 11) is 0. The Morgan fingerprint density at radius 2 is 1.50 bits per heavy atom. The summed E-state index contributed by atoms with van der Waals surface area (Å²) >= 11 is 0. The largest absolute Gasteiger partial charge is 0.462 e. The lowest BCUT2D eigenvalue weighted by atomic mass is 9.81. The lowest BCUT2D eigenvalue weighted by Gasteiger charge is -2.27. The minimum Gasteiger partial charge on any atom is -0.462 e. The first-order chi connectivity index (χ1) is 12.6. The average Bonchev–Trinajstić information content (AvgIpc) is 3.46. The van der Waals surface area contributed by atoms with Crippen molar-refractivity contribution in [3.8, 4) is 0 Å². The van der Waals surface area contributed by atoms with E-state index < -0.39 is 0 Å². The van der Waals surface area contributed by atoms with Crippen molar-refractivity contribution in [1.29, 1.82) is 0 Å². The smallest absolute Gasteiger partial charge is 0.338 e. The fourth-order valence-electron chi connectivity index (χ4n) is 3.31. The van der Waals surface area contributed by atoms with Crippen molar-refractivity contribution in [2.45, 2.75) is 51.5 Å². The summed E-state index contributed by atoms with van der Waals surface area (Å²) in [6.45, 7) is 2.09. The van der Waals surface area contributed by atoms with Crippen molar-refractivity contribution in [2.24, 2.45) is 11.8 Å². The van der Waals surface area contributed by atoms with Crippen LogP contribution >= 0.6 is 0 Å². The summed E-state index contributed by atoms with van der Waals surface area (Å²) in [6.07, 6.45) is 5.18. The molecule has 2 amide bonds. The second-order valence-corrected chi connectivity index (χ2v) is 7.12. The van der Waals surface area contributed by atoms with Gasteiger partial charge in [0, 0.05) is 23.6 Å². The SMILES string of the molecule is CCOC(=O)c1ccc(NC(=O)C2CCC(C(=O)NC3CC3)CC2)cc1. The summed E-state index contributed by atoms with van der Waals surface area (Å²) in [5.41, 5.74) is 1.13. The van der Waals surface area contributed by atoms with Crippen LogP contribution in [0.5, 0.6) is 0 Å². The number of anilines is 1. The predicted octanol–water partition coefficient (Wildman–Crippen LogP) is 2.89. The van der Waals surface area contributed by atoms with Gasteiger partial charge < -0.3 is 15.4 Å². The summed E-state index contributed by atoms with van der Waals surface area (Å²) < 4.78 is 4.94. The van der Waals surface area contributed by atoms with Crippen molar-refractivity contribution in [2.75, 3.05) is 11.9 Å². The second-order valence-electron chi connectivity index (χ2n) is 7.12. The lowest BCUT2D eigenvalue weighted by molar-refractivity contribution is -0.128. The van der Waals surface area contributed by atoms with Gasteiger partial charge in [-0.25, -0.2) is 4.79 Å². The minimum absolute atomic E-state index is 0.0186. The van der Waals surface area contributed by atoms with E-state index in [4.69, 9.17) is 4.74 Å². The average molecular weight is 358 g/mol. The molecule has 3 rings (SSSR count). The van der Waals surface area contributed by atoms with Crippen LogP contribution in [0.15, 0.2) is 24.3 Å². The van der Waals surface area contributed by atoms with Gasteiger partial charge in [0.2, 0.25) is 11.8 Å². The van der Waals surface area contributed by atoms with Crippen LogP contribution in [0.25, 0.3) is 0 Å². The summed E-state index contributed by atoms with van der Waals surface area (Å²) in [5.74, 6) is -0.253. The van der Waals surface area contributed by atoms with Crippen LogP contribution in [0.3, 0.4) is 0 Å². The molecule has 2 aliphatic carbocycles. The lowest BCUT2D eigenvalue weighted by Crippen LogP contribution is -2.36. The summed E-state index contributed by atoms with van der Waals surface area (Å²) in [4.78, 5) is 36.2. The highest BCUT2D eigenvalue weighted by atomic mass is 16.5. The van der Waals surface area contributed by atoms with Crippen LogP contribution < -0.4 is 10.6 Å². The third-order valence-corrected chi connectivity index (χ3v) is 5.06. The molecule has 0 spiro atoms. The molecule has 6 nitrogen and oxygen atoms in total. The fraction of sp³-hybridized carbons (Fsp3) is 0.550. The molecule has 2 fully saturated rings. The topological polar surface area (TPSA) is 84.5 Å². The molecule has 1 aromatic carbocycles. The Morgan fingerprint density at radius 1 is 0.923 bits per heavy atom. The van der Waals surface area contributed by atoms with E-state index >= 15 is 0 Å². The minimum atomic E-state index is -0.367. The Balaban J connectivity index is 1.46. The van der Waals surface area contributed by atoms with E-state index in [9.17, 15) is 14.4 Å². The van der Waals surface area contributed by atoms with E-state index in [-0.39, 0.29) is 29.6 Å². The van der Waals surface area contributed by atoms with Gasteiger partial charge in [0.25, 0.3) is 0 Å². The van der Waals surface area contributed by atoms with E-state index in [0.29, 0.717) is 23.9 Å². The molecular formula is C20H26N2O4. The van der Waals surface area contributed by atoms with Gasteiger partial charge in [-0.05, 0) is 69.7 Å². The van der Waals surface area contributed by atoms with E-state index in [1.54, 1.807) is 31.2 Å². The number of rotatable bonds is 6. The standard InChI is InChI=1S/C20H26N2O4/c1-2-26-20(25)15-7-9-16(10-8-15)21-18(23)13-3-5-14(6-4-13)19(24)22-17-11-12-17/h7-10,13-14,17H,2-6,11-12H2,1H3,(H,21,23)(H,22,24). The van der Waals surface area contributed by atoms with Crippen LogP contribution in [0.2, 0.25) is 0 Å². The van der Waals surface area contributed by atoms with Gasteiger partial charge in [-0.3, -0.25) is 9.59 Å². The third kappa shape index (κ3) is 4.84. The molecule has 0 radical (unpaired) electrons. The normalized spacial score (nSPS) is 22.3. The third-order valence-electron chi connectivity index (χ3n) is 5.06. The van der Waals surface area contributed by atoms with E-state index in [1.807, 2.05) is 0 Å². The molecule has 2 aliphatic rings. The van der Waals surface area contributed by atoms with E-state index in [2.05, 4.69) is 10.6 Å². The zero-order valence-corrected chi connectivity index (χ0v) is 15.1. The molecule has 0 heterocycles. The Hall–Kier alpha value is -2.37. The number of hydrogen-bond acceptors (Lipinski definition) is 4. The summed E-state index contributed by atoms with van der Waals surface area (Å²) in [6, 6.07) is 7.10. The molecule has 140 valence electrons. The van der Waals surface area contributed by atoms with Gasteiger partial charge in [-0.1, -0.05) is 0 Å². The van der Waals surface area contributed by atoms with Crippen molar-refractivity contribution in [3.05, 3.63) is 29.8 Å². The summed E-state index contributed by atoms with van der Waals surface area (Å²) in [5, 5.41) is 5.96. The molecule has 0 unspecified atom stereocenters. The molecule has 2 N–H and O–H groups in total. The van der Waals surface area contributed by atoms with Crippen LogP contribution in [0, 0.1) is 11.8 Å². The number of esters is 1. The first-order valence-corrected chi connectivity index (χ1v) is 9.45. The maximum Gasteiger partial charge on any atom is 0.338 e. The number of hydrogen-bond donors (Lipinski definition) is 2. The van der Waals surface area contributed by atoms with Crippen LogP contribution in [-0.4, -0.2) is 30.4 Å². The molecular weight excluding hydrogens is 332 g/mol. The first-order valence-electron chi connectivity index (χ1n) is 9.45. The molecule has 2 saturated carbocycles. The molecule has 26 heavy (non-hydrogen) atoms. The Morgan fingerprint density at radius 3 is 2.04 bits per heavy atom.